The Hall–Kier alpha value is -0.860. The molecular formula is C18H30N2. The van der Waals surface area contributed by atoms with Gasteiger partial charge >= 0.3 is 0 Å². The molecule has 1 fully saturated rings. The quantitative estimate of drug-likeness (QED) is 0.813. The zero-order valence-electron chi connectivity index (χ0n) is 13.6. The van der Waals surface area contributed by atoms with Crippen LogP contribution in [-0.4, -0.2) is 23.5 Å². The van der Waals surface area contributed by atoms with E-state index in [0.717, 1.165) is 25.6 Å². The molecule has 2 nitrogen and oxygen atoms in total. The molecule has 112 valence electrons. The highest BCUT2D eigenvalue weighted by molar-refractivity contribution is 5.23. The van der Waals surface area contributed by atoms with Gasteiger partial charge in [-0.3, -0.25) is 4.90 Å². The van der Waals surface area contributed by atoms with Crippen molar-refractivity contribution in [3.63, 3.8) is 0 Å². The van der Waals surface area contributed by atoms with Crippen LogP contribution in [-0.2, 0) is 13.1 Å². The Labute approximate surface area is 124 Å². The second-order valence-electron chi connectivity index (χ2n) is 7.19. The first-order valence-electron chi connectivity index (χ1n) is 8.01. The van der Waals surface area contributed by atoms with E-state index in [1.165, 1.54) is 30.5 Å². The first-order chi connectivity index (χ1) is 9.46. The molecular weight excluding hydrogens is 244 g/mol. The molecule has 2 rings (SSSR count). The van der Waals surface area contributed by atoms with Crippen LogP contribution in [0.1, 0.15) is 51.7 Å². The molecule has 0 radical (unpaired) electrons. The third-order valence-corrected chi connectivity index (χ3v) is 3.88. The largest absolute Gasteiger partial charge is 0.308 e. The lowest BCUT2D eigenvalue weighted by Crippen LogP contribution is -2.35. The summed E-state index contributed by atoms with van der Waals surface area (Å²) in [4.78, 5) is 2.58. The van der Waals surface area contributed by atoms with E-state index in [0.29, 0.717) is 0 Å². The van der Waals surface area contributed by atoms with Gasteiger partial charge in [0.05, 0.1) is 0 Å². The molecule has 0 unspecified atom stereocenters. The van der Waals surface area contributed by atoms with Crippen LogP contribution in [0.2, 0.25) is 0 Å². The predicted molar refractivity (Wildman–Crippen MR) is 86.7 cm³/mol. The van der Waals surface area contributed by atoms with Crippen molar-refractivity contribution in [1.82, 2.24) is 10.2 Å². The van der Waals surface area contributed by atoms with Crippen molar-refractivity contribution < 1.29 is 0 Å². The van der Waals surface area contributed by atoms with Crippen LogP contribution in [0, 0.1) is 5.92 Å². The summed E-state index contributed by atoms with van der Waals surface area (Å²) in [7, 11) is 0. The van der Waals surface area contributed by atoms with Gasteiger partial charge in [-0.2, -0.15) is 0 Å². The van der Waals surface area contributed by atoms with E-state index < -0.39 is 0 Å². The van der Waals surface area contributed by atoms with Gasteiger partial charge in [0, 0.05) is 25.2 Å². The molecule has 1 aliphatic carbocycles. The number of benzene rings is 1. The molecule has 20 heavy (non-hydrogen) atoms. The van der Waals surface area contributed by atoms with E-state index >= 15 is 0 Å². The number of hydrogen-bond acceptors (Lipinski definition) is 2. The van der Waals surface area contributed by atoms with E-state index in [2.05, 4.69) is 62.2 Å². The zero-order chi connectivity index (χ0) is 14.6. The summed E-state index contributed by atoms with van der Waals surface area (Å²) in [5.41, 5.74) is 3.01. The van der Waals surface area contributed by atoms with E-state index in [4.69, 9.17) is 0 Å². The lowest BCUT2D eigenvalue weighted by molar-refractivity contribution is 0.268. The summed E-state index contributed by atoms with van der Waals surface area (Å²) in [6.45, 7) is 13.4. The summed E-state index contributed by atoms with van der Waals surface area (Å²) in [6.07, 6.45) is 2.87. The minimum atomic E-state index is 0.178. The summed E-state index contributed by atoms with van der Waals surface area (Å²) < 4.78 is 0. The molecule has 0 saturated heterocycles. The predicted octanol–water partition coefficient (Wildman–Crippen LogP) is 3.81. The van der Waals surface area contributed by atoms with Crippen molar-refractivity contribution in [1.29, 1.82) is 0 Å². The van der Waals surface area contributed by atoms with Crippen LogP contribution in [0.3, 0.4) is 0 Å². The minimum Gasteiger partial charge on any atom is -0.308 e. The highest BCUT2D eigenvalue weighted by Gasteiger charge is 2.23. The molecule has 1 aromatic rings. The zero-order valence-corrected chi connectivity index (χ0v) is 13.6. The monoisotopic (exact) mass is 274 g/mol. The topological polar surface area (TPSA) is 15.3 Å². The van der Waals surface area contributed by atoms with Crippen molar-refractivity contribution >= 4 is 0 Å². The molecule has 0 heterocycles. The van der Waals surface area contributed by atoms with Gasteiger partial charge in [-0.1, -0.05) is 31.2 Å². The van der Waals surface area contributed by atoms with Crippen LogP contribution in [0.25, 0.3) is 0 Å². The molecule has 1 aliphatic rings. The fraction of sp³-hybridized carbons (Fsp3) is 0.667. The van der Waals surface area contributed by atoms with Gasteiger partial charge in [0.25, 0.3) is 0 Å². The van der Waals surface area contributed by atoms with E-state index in [1.54, 1.807) is 0 Å². The third-order valence-electron chi connectivity index (χ3n) is 3.88. The molecule has 0 bridgehead atoms. The summed E-state index contributed by atoms with van der Waals surface area (Å²) in [5, 5.41) is 3.56. The van der Waals surface area contributed by atoms with Crippen molar-refractivity contribution in [2.75, 3.05) is 13.1 Å². The average molecular weight is 274 g/mol. The molecule has 1 aromatic carbocycles. The average Bonchev–Trinajstić information content (AvgIpc) is 3.19. The lowest BCUT2D eigenvalue weighted by atomic mass is 10.1. The Morgan fingerprint density at radius 2 is 1.90 bits per heavy atom. The third kappa shape index (κ3) is 5.64. The molecule has 0 atom stereocenters. The first kappa shape index (κ1) is 15.5. The van der Waals surface area contributed by atoms with Gasteiger partial charge in [0.2, 0.25) is 0 Å². The fourth-order valence-corrected chi connectivity index (χ4v) is 2.43. The van der Waals surface area contributed by atoms with Crippen LogP contribution in [0.15, 0.2) is 24.3 Å². The van der Waals surface area contributed by atoms with Crippen molar-refractivity contribution in [3.8, 4) is 0 Å². The highest BCUT2D eigenvalue weighted by Crippen LogP contribution is 2.30. The van der Waals surface area contributed by atoms with E-state index in [-0.39, 0.29) is 5.54 Å². The standard InChI is InChI=1S/C18H30N2/c1-5-20(13-15-9-10-15)14-17-8-6-7-16(11-17)12-19-18(2,3)4/h6-8,11,15,19H,5,9-10,12-14H2,1-4H3. The molecule has 1 saturated carbocycles. The highest BCUT2D eigenvalue weighted by atomic mass is 15.1. The molecule has 0 aliphatic heterocycles. The molecule has 0 spiro atoms. The van der Waals surface area contributed by atoms with Crippen molar-refractivity contribution in [2.45, 2.75) is 59.2 Å². The van der Waals surface area contributed by atoms with Gasteiger partial charge in [0.15, 0.2) is 0 Å². The normalized spacial score (nSPS) is 15.8. The number of rotatable bonds is 7. The van der Waals surface area contributed by atoms with Gasteiger partial charge in [-0.25, -0.2) is 0 Å². The number of nitrogens with zero attached hydrogens (tertiary/aromatic N) is 1. The van der Waals surface area contributed by atoms with Gasteiger partial charge < -0.3 is 5.32 Å². The SMILES string of the molecule is CCN(Cc1cccc(CNC(C)(C)C)c1)CC1CC1. The fourth-order valence-electron chi connectivity index (χ4n) is 2.43. The molecule has 2 heteroatoms. The summed E-state index contributed by atoms with van der Waals surface area (Å²) in [6, 6.07) is 9.03. The summed E-state index contributed by atoms with van der Waals surface area (Å²) >= 11 is 0. The second kappa shape index (κ2) is 6.73. The Bertz CT molecular complexity index is 416. The Morgan fingerprint density at radius 1 is 1.20 bits per heavy atom. The van der Waals surface area contributed by atoms with Gasteiger partial charge in [-0.15, -0.1) is 0 Å². The number of hydrogen-bond donors (Lipinski definition) is 1. The molecule has 0 amide bonds. The van der Waals surface area contributed by atoms with E-state index in [1.807, 2.05) is 0 Å². The Kier molecular flexibility index (Phi) is 5.22. The number of nitrogens with one attached hydrogen (secondary N) is 1. The molecule has 0 aromatic heterocycles. The Morgan fingerprint density at radius 3 is 2.50 bits per heavy atom. The Balaban J connectivity index is 1.90. The smallest absolute Gasteiger partial charge is 0.0233 e. The second-order valence-corrected chi connectivity index (χ2v) is 7.19. The van der Waals surface area contributed by atoms with E-state index in [9.17, 15) is 0 Å². The van der Waals surface area contributed by atoms with Gasteiger partial charge in [0.1, 0.15) is 0 Å². The van der Waals surface area contributed by atoms with Crippen LogP contribution in [0.4, 0.5) is 0 Å². The lowest BCUT2D eigenvalue weighted by Gasteiger charge is -2.22. The minimum absolute atomic E-state index is 0.178. The molecule has 1 N–H and O–H groups in total. The van der Waals surface area contributed by atoms with Crippen molar-refractivity contribution in [2.24, 2.45) is 5.92 Å². The van der Waals surface area contributed by atoms with Crippen LogP contribution < -0.4 is 5.32 Å². The van der Waals surface area contributed by atoms with Crippen LogP contribution in [0.5, 0.6) is 0 Å². The summed E-state index contributed by atoms with van der Waals surface area (Å²) in [5.74, 6) is 0.973. The first-order valence-corrected chi connectivity index (χ1v) is 8.01. The maximum absolute atomic E-state index is 3.56. The van der Waals surface area contributed by atoms with Gasteiger partial charge in [-0.05, 0) is 57.2 Å². The van der Waals surface area contributed by atoms with Crippen LogP contribution >= 0.6 is 0 Å². The van der Waals surface area contributed by atoms with Crippen molar-refractivity contribution in [3.05, 3.63) is 35.4 Å². The maximum Gasteiger partial charge on any atom is 0.0233 e. The maximum atomic E-state index is 3.56.